The number of benzene rings is 2. The molecule has 0 saturated carbocycles. The molecule has 0 aromatic heterocycles. The molecule has 7 heteroatoms. The topological polar surface area (TPSA) is 0 Å². The first-order chi connectivity index (χ1) is 10.6. The summed E-state index contributed by atoms with van der Waals surface area (Å²) < 4.78 is 76.9. The molecular weight excluding hydrogens is 317 g/mol. The molecule has 2 rings (SSSR count). The standard InChI is InChI=1S/C16H13BF6/c1-2-17(13-7-3-5-11(9-13)15(18,19)20)14-8-4-6-12(10-14)16(21,22)23/h3-10H,2H2,1H3. The van der Waals surface area contributed by atoms with E-state index < -0.39 is 30.2 Å². The van der Waals surface area contributed by atoms with E-state index >= 15 is 0 Å². The minimum Gasteiger partial charge on any atom is -0.166 e. The molecule has 0 heterocycles. The van der Waals surface area contributed by atoms with Crippen LogP contribution in [0.15, 0.2) is 48.5 Å². The van der Waals surface area contributed by atoms with Crippen LogP contribution in [0.1, 0.15) is 18.1 Å². The van der Waals surface area contributed by atoms with Crippen LogP contribution in [0.5, 0.6) is 0 Å². The van der Waals surface area contributed by atoms with Crippen LogP contribution in [0.2, 0.25) is 6.32 Å². The molecule has 122 valence electrons. The van der Waals surface area contributed by atoms with E-state index in [1.165, 1.54) is 24.3 Å². The van der Waals surface area contributed by atoms with Gasteiger partial charge in [-0.25, -0.2) is 0 Å². The van der Waals surface area contributed by atoms with Gasteiger partial charge >= 0.3 is 12.4 Å². The first kappa shape index (κ1) is 17.4. The second kappa shape index (κ2) is 6.30. The van der Waals surface area contributed by atoms with Crippen LogP contribution < -0.4 is 10.9 Å². The molecule has 0 unspecified atom stereocenters. The highest BCUT2D eigenvalue weighted by atomic mass is 19.4. The monoisotopic (exact) mass is 330 g/mol. The van der Waals surface area contributed by atoms with Crippen molar-refractivity contribution >= 4 is 17.6 Å². The molecule has 0 spiro atoms. The number of rotatable bonds is 3. The Balaban J connectivity index is 2.45. The fourth-order valence-electron chi connectivity index (χ4n) is 2.53. The summed E-state index contributed by atoms with van der Waals surface area (Å²) in [5.41, 5.74) is -0.913. The van der Waals surface area contributed by atoms with Crippen molar-refractivity contribution in [2.45, 2.75) is 25.6 Å². The van der Waals surface area contributed by atoms with Gasteiger partial charge in [0.1, 0.15) is 0 Å². The summed E-state index contributed by atoms with van der Waals surface area (Å²) in [6.45, 7) is 1.20. The fourth-order valence-corrected chi connectivity index (χ4v) is 2.53. The molecule has 0 aliphatic heterocycles. The Morgan fingerprint density at radius 2 is 1.13 bits per heavy atom. The van der Waals surface area contributed by atoms with E-state index in [1.807, 2.05) is 0 Å². The number of alkyl halides is 6. The normalized spacial score (nSPS) is 12.3. The Labute approximate surface area is 130 Å². The van der Waals surface area contributed by atoms with Crippen LogP contribution in [-0.4, -0.2) is 6.71 Å². The number of hydrogen-bond acceptors (Lipinski definition) is 0. The minimum absolute atomic E-state index is 0.349. The van der Waals surface area contributed by atoms with Gasteiger partial charge in [0.25, 0.3) is 0 Å². The molecule has 0 atom stereocenters. The molecule has 0 saturated heterocycles. The third-order valence-corrected chi connectivity index (χ3v) is 3.64. The predicted octanol–water partition coefficient (Wildman–Crippen LogP) is 4.35. The average Bonchev–Trinajstić information content (AvgIpc) is 2.47. The van der Waals surface area contributed by atoms with Crippen molar-refractivity contribution in [1.29, 1.82) is 0 Å². The summed E-state index contributed by atoms with van der Waals surface area (Å²) in [4.78, 5) is 0. The summed E-state index contributed by atoms with van der Waals surface area (Å²) in [7, 11) is 0. The van der Waals surface area contributed by atoms with Crippen LogP contribution in [0.3, 0.4) is 0 Å². The maximum atomic E-state index is 12.8. The second-order valence-electron chi connectivity index (χ2n) is 5.21. The SMILES string of the molecule is CCB(c1cccc(C(F)(F)F)c1)c1cccc(C(F)(F)F)c1. The Morgan fingerprint density at radius 3 is 1.43 bits per heavy atom. The molecular formula is C16H13BF6. The summed E-state index contributed by atoms with van der Waals surface area (Å²) in [5, 5.41) is 0. The Kier molecular flexibility index (Phi) is 4.77. The van der Waals surface area contributed by atoms with E-state index in [0.717, 1.165) is 24.3 Å². The van der Waals surface area contributed by atoms with Crippen LogP contribution >= 0.6 is 0 Å². The van der Waals surface area contributed by atoms with Crippen molar-refractivity contribution < 1.29 is 26.3 Å². The molecule has 23 heavy (non-hydrogen) atoms. The van der Waals surface area contributed by atoms with Gasteiger partial charge in [0.2, 0.25) is 6.71 Å². The number of hydrogen-bond donors (Lipinski definition) is 0. The zero-order valence-corrected chi connectivity index (χ0v) is 12.2. The average molecular weight is 330 g/mol. The van der Waals surface area contributed by atoms with Crippen molar-refractivity contribution in [3.8, 4) is 0 Å². The third-order valence-electron chi connectivity index (χ3n) is 3.64. The Morgan fingerprint density at radius 1 is 0.739 bits per heavy atom. The third kappa shape index (κ3) is 4.09. The van der Waals surface area contributed by atoms with Gasteiger partial charge in [-0.2, -0.15) is 26.3 Å². The van der Waals surface area contributed by atoms with Gasteiger partial charge in [0, 0.05) is 0 Å². The molecule has 0 bridgehead atoms. The lowest BCUT2D eigenvalue weighted by atomic mass is 9.39. The van der Waals surface area contributed by atoms with Gasteiger partial charge in [-0.15, -0.1) is 0 Å². The molecule has 2 aromatic carbocycles. The van der Waals surface area contributed by atoms with E-state index in [4.69, 9.17) is 0 Å². The van der Waals surface area contributed by atoms with Crippen molar-refractivity contribution in [3.63, 3.8) is 0 Å². The van der Waals surface area contributed by atoms with E-state index in [0.29, 0.717) is 17.2 Å². The predicted molar refractivity (Wildman–Crippen MR) is 78.4 cm³/mol. The van der Waals surface area contributed by atoms with Crippen LogP contribution in [0.4, 0.5) is 26.3 Å². The molecule has 0 fully saturated rings. The molecule has 0 radical (unpaired) electrons. The van der Waals surface area contributed by atoms with Gasteiger partial charge < -0.3 is 0 Å². The number of halogens is 6. The van der Waals surface area contributed by atoms with Crippen molar-refractivity contribution in [3.05, 3.63) is 59.7 Å². The smallest absolute Gasteiger partial charge is 0.166 e. The molecule has 0 aliphatic carbocycles. The zero-order chi connectivity index (χ0) is 17.3. The van der Waals surface area contributed by atoms with Crippen molar-refractivity contribution in [2.24, 2.45) is 0 Å². The zero-order valence-electron chi connectivity index (χ0n) is 12.2. The Hall–Kier alpha value is -1.92. The van der Waals surface area contributed by atoms with Gasteiger partial charge in [-0.3, -0.25) is 0 Å². The quantitative estimate of drug-likeness (QED) is 0.580. The van der Waals surface area contributed by atoms with E-state index in [1.54, 1.807) is 6.92 Å². The van der Waals surface area contributed by atoms with Crippen LogP contribution in [-0.2, 0) is 12.4 Å². The fraction of sp³-hybridized carbons (Fsp3) is 0.250. The van der Waals surface area contributed by atoms with Crippen molar-refractivity contribution in [2.75, 3.05) is 0 Å². The summed E-state index contributed by atoms with van der Waals surface area (Å²) >= 11 is 0. The largest absolute Gasteiger partial charge is 0.416 e. The maximum Gasteiger partial charge on any atom is 0.416 e. The Bertz CT molecular complexity index is 617. The summed E-state index contributed by atoms with van der Waals surface area (Å²) in [6.07, 6.45) is -8.58. The van der Waals surface area contributed by atoms with Gasteiger partial charge in [-0.05, 0) is 0 Å². The molecule has 0 aliphatic rings. The summed E-state index contributed by atoms with van der Waals surface area (Å²) in [6, 6.07) is 9.43. The second-order valence-corrected chi connectivity index (χ2v) is 5.21. The van der Waals surface area contributed by atoms with E-state index in [2.05, 4.69) is 0 Å². The lowest BCUT2D eigenvalue weighted by Gasteiger charge is -2.16. The molecule has 0 amide bonds. The molecule has 0 nitrogen and oxygen atoms in total. The highest BCUT2D eigenvalue weighted by molar-refractivity contribution is 6.85. The highest BCUT2D eigenvalue weighted by Gasteiger charge is 2.33. The molecule has 2 aromatic rings. The lowest BCUT2D eigenvalue weighted by molar-refractivity contribution is -0.138. The van der Waals surface area contributed by atoms with E-state index in [9.17, 15) is 26.3 Å². The molecule has 0 N–H and O–H groups in total. The van der Waals surface area contributed by atoms with Gasteiger partial charge in [-0.1, -0.05) is 72.7 Å². The first-order valence-corrected chi connectivity index (χ1v) is 6.97. The lowest BCUT2D eigenvalue weighted by Crippen LogP contribution is -2.42. The maximum absolute atomic E-state index is 12.8. The van der Waals surface area contributed by atoms with Gasteiger partial charge in [0.15, 0.2) is 0 Å². The van der Waals surface area contributed by atoms with Gasteiger partial charge in [0.05, 0.1) is 11.1 Å². The van der Waals surface area contributed by atoms with Crippen LogP contribution in [0, 0.1) is 0 Å². The summed E-state index contributed by atoms with van der Waals surface area (Å²) in [5.74, 6) is 0. The van der Waals surface area contributed by atoms with E-state index in [-0.39, 0.29) is 0 Å². The first-order valence-electron chi connectivity index (χ1n) is 6.97. The van der Waals surface area contributed by atoms with Crippen molar-refractivity contribution in [1.82, 2.24) is 0 Å². The highest BCUT2D eigenvalue weighted by Crippen LogP contribution is 2.29. The van der Waals surface area contributed by atoms with Crippen LogP contribution in [0.25, 0.3) is 0 Å². The minimum atomic E-state index is -4.48.